The SMILES string of the molecule is CCc1cccc(NC(=O)C(F)(F)C(F)(F)F)c1. The summed E-state index contributed by atoms with van der Waals surface area (Å²) in [5.74, 6) is -7.79. The first-order chi connectivity index (χ1) is 8.18. The molecule has 1 amide bonds. The molecule has 0 unspecified atom stereocenters. The van der Waals surface area contributed by atoms with Crippen molar-refractivity contribution in [2.45, 2.75) is 25.4 Å². The fourth-order valence-electron chi connectivity index (χ4n) is 1.21. The van der Waals surface area contributed by atoms with Crippen molar-refractivity contribution in [3.63, 3.8) is 0 Å². The molecular weight excluding hydrogens is 257 g/mol. The topological polar surface area (TPSA) is 29.1 Å². The molecular formula is C11H10F5NO. The fourth-order valence-corrected chi connectivity index (χ4v) is 1.21. The van der Waals surface area contributed by atoms with Gasteiger partial charge in [-0.3, -0.25) is 4.79 Å². The zero-order chi connectivity index (χ0) is 14.0. The van der Waals surface area contributed by atoms with Gasteiger partial charge < -0.3 is 5.32 Å². The molecule has 0 aliphatic rings. The maximum Gasteiger partial charge on any atom is 0.463 e. The second kappa shape index (κ2) is 4.91. The third kappa shape index (κ3) is 2.96. The van der Waals surface area contributed by atoms with Crippen molar-refractivity contribution in [2.24, 2.45) is 0 Å². The number of amides is 1. The Bertz CT molecular complexity index is 441. The molecule has 0 spiro atoms. The largest absolute Gasteiger partial charge is 0.463 e. The first-order valence-corrected chi connectivity index (χ1v) is 5.03. The number of hydrogen-bond acceptors (Lipinski definition) is 1. The highest BCUT2D eigenvalue weighted by Crippen LogP contribution is 2.36. The second-order valence-corrected chi connectivity index (χ2v) is 3.58. The van der Waals surface area contributed by atoms with E-state index in [1.54, 1.807) is 18.3 Å². The van der Waals surface area contributed by atoms with Gasteiger partial charge >= 0.3 is 18.0 Å². The number of rotatable bonds is 3. The molecule has 0 saturated carbocycles. The van der Waals surface area contributed by atoms with Crippen LogP contribution in [0.3, 0.4) is 0 Å². The third-order valence-corrected chi connectivity index (χ3v) is 2.23. The quantitative estimate of drug-likeness (QED) is 0.836. The molecule has 0 bridgehead atoms. The zero-order valence-electron chi connectivity index (χ0n) is 9.31. The van der Waals surface area contributed by atoms with Crippen molar-refractivity contribution in [3.8, 4) is 0 Å². The average Bonchev–Trinajstić information content (AvgIpc) is 2.27. The summed E-state index contributed by atoms with van der Waals surface area (Å²) >= 11 is 0. The molecule has 0 heterocycles. The van der Waals surface area contributed by atoms with Gasteiger partial charge in [0.05, 0.1) is 0 Å². The summed E-state index contributed by atoms with van der Waals surface area (Å²) in [7, 11) is 0. The molecule has 1 N–H and O–H groups in total. The number of aryl methyl sites for hydroxylation is 1. The monoisotopic (exact) mass is 267 g/mol. The zero-order valence-corrected chi connectivity index (χ0v) is 9.31. The molecule has 1 rings (SSSR count). The minimum absolute atomic E-state index is 0.0942. The normalized spacial score (nSPS) is 12.3. The van der Waals surface area contributed by atoms with Crippen LogP contribution in [0.5, 0.6) is 0 Å². The Hall–Kier alpha value is -1.66. The lowest BCUT2D eigenvalue weighted by atomic mass is 10.1. The molecule has 1 aromatic rings. The number of benzene rings is 1. The molecule has 0 fully saturated rings. The molecule has 0 radical (unpaired) electrons. The van der Waals surface area contributed by atoms with Crippen molar-refractivity contribution in [2.75, 3.05) is 5.32 Å². The van der Waals surface area contributed by atoms with E-state index < -0.39 is 18.0 Å². The van der Waals surface area contributed by atoms with Crippen LogP contribution in [-0.2, 0) is 11.2 Å². The van der Waals surface area contributed by atoms with Crippen LogP contribution >= 0.6 is 0 Å². The summed E-state index contributed by atoms with van der Waals surface area (Å²) in [4.78, 5) is 10.9. The molecule has 0 aliphatic heterocycles. The van der Waals surface area contributed by atoms with E-state index in [1.165, 1.54) is 18.2 Å². The number of alkyl halides is 5. The van der Waals surface area contributed by atoms with E-state index in [1.807, 2.05) is 0 Å². The van der Waals surface area contributed by atoms with E-state index in [-0.39, 0.29) is 5.69 Å². The van der Waals surface area contributed by atoms with Crippen molar-refractivity contribution in [1.29, 1.82) is 0 Å². The van der Waals surface area contributed by atoms with Crippen LogP contribution in [0.25, 0.3) is 0 Å². The van der Waals surface area contributed by atoms with Crippen LogP contribution in [0.1, 0.15) is 12.5 Å². The smallest absolute Gasteiger partial charge is 0.321 e. The lowest BCUT2D eigenvalue weighted by Crippen LogP contribution is -2.47. The standard InChI is InChI=1S/C11H10F5NO/c1-2-7-4-3-5-8(6-7)17-9(18)10(12,13)11(14,15)16/h3-6H,2H2,1H3,(H,17,18). The van der Waals surface area contributed by atoms with E-state index in [0.29, 0.717) is 12.0 Å². The molecule has 0 aliphatic carbocycles. The molecule has 7 heteroatoms. The number of carbonyl (C=O) groups is 1. The first kappa shape index (κ1) is 14.4. The highest BCUT2D eigenvalue weighted by Gasteiger charge is 2.63. The fraction of sp³-hybridized carbons (Fsp3) is 0.364. The van der Waals surface area contributed by atoms with Crippen molar-refractivity contribution < 1.29 is 26.7 Å². The average molecular weight is 267 g/mol. The molecule has 0 atom stereocenters. The van der Waals surface area contributed by atoms with Gasteiger partial charge in [0.2, 0.25) is 0 Å². The minimum Gasteiger partial charge on any atom is -0.321 e. The van der Waals surface area contributed by atoms with Crippen LogP contribution in [0, 0.1) is 0 Å². The Balaban J connectivity index is 2.88. The van der Waals surface area contributed by atoms with Crippen molar-refractivity contribution in [3.05, 3.63) is 29.8 Å². The Morgan fingerprint density at radius 1 is 1.22 bits per heavy atom. The van der Waals surface area contributed by atoms with Gasteiger partial charge in [0, 0.05) is 5.69 Å². The molecule has 0 aromatic heterocycles. The predicted octanol–water partition coefficient (Wildman–Crippen LogP) is 3.39. The van der Waals surface area contributed by atoms with Gasteiger partial charge in [0.1, 0.15) is 0 Å². The third-order valence-electron chi connectivity index (χ3n) is 2.23. The highest BCUT2D eigenvalue weighted by atomic mass is 19.4. The van der Waals surface area contributed by atoms with Crippen LogP contribution in [-0.4, -0.2) is 18.0 Å². The van der Waals surface area contributed by atoms with Gasteiger partial charge in [-0.25, -0.2) is 0 Å². The Labute approximate surface area is 99.8 Å². The summed E-state index contributed by atoms with van der Waals surface area (Å²) < 4.78 is 61.1. The van der Waals surface area contributed by atoms with Gasteiger partial charge in [-0.15, -0.1) is 0 Å². The summed E-state index contributed by atoms with van der Waals surface area (Å²) in [5.41, 5.74) is 0.617. The van der Waals surface area contributed by atoms with Crippen molar-refractivity contribution >= 4 is 11.6 Å². The van der Waals surface area contributed by atoms with E-state index >= 15 is 0 Å². The van der Waals surface area contributed by atoms with Crippen LogP contribution in [0.15, 0.2) is 24.3 Å². The first-order valence-electron chi connectivity index (χ1n) is 5.03. The van der Waals surface area contributed by atoms with E-state index in [4.69, 9.17) is 0 Å². The van der Waals surface area contributed by atoms with Gasteiger partial charge in [0.25, 0.3) is 0 Å². The molecule has 18 heavy (non-hydrogen) atoms. The van der Waals surface area contributed by atoms with Crippen LogP contribution in [0.2, 0.25) is 0 Å². The van der Waals surface area contributed by atoms with Crippen LogP contribution < -0.4 is 5.32 Å². The number of nitrogens with one attached hydrogen (secondary N) is 1. The summed E-state index contributed by atoms with van der Waals surface area (Å²) in [6.07, 6.45) is -5.33. The van der Waals surface area contributed by atoms with E-state index in [9.17, 15) is 26.7 Å². The van der Waals surface area contributed by atoms with E-state index in [0.717, 1.165) is 0 Å². The Kier molecular flexibility index (Phi) is 3.93. The maximum absolute atomic E-state index is 12.7. The molecule has 2 nitrogen and oxygen atoms in total. The summed E-state index contributed by atoms with van der Waals surface area (Å²) in [5, 5.41) is 1.55. The summed E-state index contributed by atoms with van der Waals surface area (Å²) in [6, 6.07) is 5.70. The second-order valence-electron chi connectivity index (χ2n) is 3.58. The minimum atomic E-state index is -5.90. The van der Waals surface area contributed by atoms with E-state index in [2.05, 4.69) is 0 Å². The predicted molar refractivity (Wildman–Crippen MR) is 55.5 cm³/mol. The Morgan fingerprint density at radius 3 is 2.33 bits per heavy atom. The van der Waals surface area contributed by atoms with Crippen LogP contribution in [0.4, 0.5) is 27.6 Å². The molecule has 0 saturated heterocycles. The number of hydrogen-bond donors (Lipinski definition) is 1. The Morgan fingerprint density at radius 2 is 1.83 bits per heavy atom. The number of anilines is 1. The van der Waals surface area contributed by atoms with Gasteiger partial charge in [0.15, 0.2) is 0 Å². The molecule has 100 valence electrons. The van der Waals surface area contributed by atoms with Gasteiger partial charge in [-0.05, 0) is 24.1 Å². The number of halogens is 5. The molecule has 1 aromatic carbocycles. The maximum atomic E-state index is 12.7. The number of carbonyl (C=O) groups excluding carboxylic acids is 1. The van der Waals surface area contributed by atoms with Gasteiger partial charge in [-0.2, -0.15) is 22.0 Å². The summed E-state index contributed by atoms with van der Waals surface area (Å²) in [6.45, 7) is 1.78. The highest BCUT2D eigenvalue weighted by molar-refractivity contribution is 5.96. The lowest BCUT2D eigenvalue weighted by Gasteiger charge is -2.18. The van der Waals surface area contributed by atoms with Crippen molar-refractivity contribution in [1.82, 2.24) is 0 Å². The lowest BCUT2D eigenvalue weighted by molar-refractivity contribution is -0.267. The van der Waals surface area contributed by atoms with Gasteiger partial charge in [-0.1, -0.05) is 19.1 Å².